The van der Waals surface area contributed by atoms with E-state index >= 15 is 0 Å². The number of aliphatic carboxylic acids is 1. The second-order valence-electron chi connectivity index (χ2n) is 3.54. The summed E-state index contributed by atoms with van der Waals surface area (Å²) in [6.07, 6.45) is -0.820. The molecule has 1 aromatic rings. The molecule has 1 aliphatic rings. The van der Waals surface area contributed by atoms with Crippen LogP contribution < -0.4 is 9.47 Å². The molecule has 0 spiro atoms. The van der Waals surface area contributed by atoms with Crippen LogP contribution in [0.1, 0.15) is 17.2 Å². The van der Waals surface area contributed by atoms with E-state index in [2.05, 4.69) is 0 Å². The lowest BCUT2D eigenvalue weighted by Gasteiger charge is -2.13. The van der Waals surface area contributed by atoms with E-state index in [1.165, 1.54) is 13.2 Å². The van der Waals surface area contributed by atoms with Crippen LogP contribution in [0.3, 0.4) is 0 Å². The Bertz CT molecular complexity index is 427. The number of carboxylic acid groups (broad SMARTS) is 1. The van der Waals surface area contributed by atoms with Gasteiger partial charge in [-0.1, -0.05) is 0 Å². The van der Waals surface area contributed by atoms with Crippen molar-refractivity contribution in [3.05, 3.63) is 23.3 Å². The van der Waals surface area contributed by atoms with Crippen LogP contribution in [0.4, 0.5) is 0 Å². The van der Waals surface area contributed by atoms with E-state index in [1.807, 2.05) is 0 Å². The standard InChI is InChI=1S/C11H12O5/c1-15-9-4-6-2-3-16-8(6)5-7(9)10(12)11(13)14/h4-5,10,12H,2-3H2,1H3,(H,13,14). The van der Waals surface area contributed by atoms with E-state index < -0.39 is 12.1 Å². The molecule has 0 radical (unpaired) electrons. The minimum atomic E-state index is -1.59. The number of methoxy groups -OCH3 is 1. The zero-order chi connectivity index (χ0) is 11.7. The lowest BCUT2D eigenvalue weighted by atomic mass is 10.0. The normalized spacial score (nSPS) is 15.1. The highest BCUT2D eigenvalue weighted by molar-refractivity contribution is 5.75. The van der Waals surface area contributed by atoms with Crippen molar-refractivity contribution in [3.8, 4) is 11.5 Å². The van der Waals surface area contributed by atoms with Crippen molar-refractivity contribution in [2.75, 3.05) is 13.7 Å². The fraction of sp³-hybridized carbons (Fsp3) is 0.364. The molecular weight excluding hydrogens is 212 g/mol. The first-order valence-electron chi connectivity index (χ1n) is 4.88. The van der Waals surface area contributed by atoms with Crippen LogP contribution in [-0.2, 0) is 11.2 Å². The quantitative estimate of drug-likeness (QED) is 0.792. The van der Waals surface area contributed by atoms with Crippen LogP contribution in [0.15, 0.2) is 12.1 Å². The lowest BCUT2D eigenvalue weighted by Crippen LogP contribution is -2.11. The van der Waals surface area contributed by atoms with E-state index in [0.29, 0.717) is 18.1 Å². The Morgan fingerprint density at radius 3 is 2.94 bits per heavy atom. The molecule has 5 heteroatoms. The van der Waals surface area contributed by atoms with E-state index in [0.717, 1.165) is 12.0 Å². The van der Waals surface area contributed by atoms with Gasteiger partial charge < -0.3 is 19.7 Å². The minimum Gasteiger partial charge on any atom is -0.496 e. The van der Waals surface area contributed by atoms with Gasteiger partial charge >= 0.3 is 5.97 Å². The van der Waals surface area contributed by atoms with E-state index in [1.54, 1.807) is 6.07 Å². The van der Waals surface area contributed by atoms with E-state index in [-0.39, 0.29) is 5.56 Å². The van der Waals surface area contributed by atoms with Crippen LogP contribution >= 0.6 is 0 Å². The third-order valence-corrected chi connectivity index (χ3v) is 2.57. The maximum Gasteiger partial charge on any atom is 0.337 e. The highest BCUT2D eigenvalue weighted by atomic mass is 16.5. The molecule has 0 aliphatic carbocycles. The average molecular weight is 224 g/mol. The molecule has 16 heavy (non-hydrogen) atoms. The number of carboxylic acids is 1. The molecule has 2 rings (SSSR count). The first kappa shape index (κ1) is 10.8. The molecule has 0 saturated heterocycles. The molecule has 86 valence electrons. The largest absolute Gasteiger partial charge is 0.496 e. The van der Waals surface area contributed by atoms with Crippen molar-refractivity contribution in [1.29, 1.82) is 0 Å². The molecule has 0 saturated carbocycles. The summed E-state index contributed by atoms with van der Waals surface area (Å²) in [6.45, 7) is 0.575. The molecule has 1 unspecified atom stereocenters. The number of ether oxygens (including phenoxy) is 2. The van der Waals surface area contributed by atoms with Crippen LogP contribution in [-0.4, -0.2) is 29.9 Å². The molecule has 1 aliphatic heterocycles. The van der Waals surface area contributed by atoms with Gasteiger partial charge in [-0.15, -0.1) is 0 Å². The zero-order valence-electron chi connectivity index (χ0n) is 8.77. The number of aliphatic hydroxyl groups is 1. The fourth-order valence-electron chi connectivity index (χ4n) is 1.74. The number of fused-ring (bicyclic) bond motifs is 1. The molecule has 0 aromatic heterocycles. The Balaban J connectivity index is 2.47. The summed E-state index contributed by atoms with van der Waals surface area (Å²) in [5.74, 6) is -0.313. The smallest absolute Gasteiger partial charge is 0.337 e. The number of hydrogen-bond acceptors (Lipinski definition) is 4. The highest BCUT2D eigenvalue weighted by Gasteiger charge is 2.24. The molecule has 1 aromatic carbocycles. The van der Waals surface area contributed by atoms with Gasteiger partial charge in [-0.05, 0) is 12.1 Å². The number of rotatable bonds is 3. The van der Waals surface area contributed by atoms with Gasteiger partial charge in [-0.3, -0.25) is 0 Å². The third kappa shape index (κ3) is 1.69. The van der Waals surface area contributed by atoms with Crippen molar-refractivity contribution in [2.45, 2.75) is 12.5 Å². The van der Waals surface area contributed by atoms with Gasteiger partial charge in [0.15, 0.2) is 6.10 Å². The molecule has 1 heterocycles. The molecular formula is C11H12O5. The van der Waals surface area contributed by atoms with Gasteiger partial charge in [-0.25, -0.2) is 4.79 Å². The molecule has 2 N–H and O–H groups in total. The average Bonchev–Trinajstić information content (AvgIpc) is 2.72. The zero-order valence-corrected chi connectivity index (χ0v) is 8.77. The van der Waals surface area contributed by atoms with Crippen LogP contribution in [0, 0.1) is 0 Å². The molecule has 0 amide bonds. The lowest BCUT2D eigenvalue weighted by molar-refractivity contribution is -0.147. The Kier molecular flexibility index (Phi) is 2.70. The van der Waals surface area contributed by atoms with Crippen molar-refractivity contribution < 1.29 is 24.5 Å². The van der Waals surface area contributed by atoms with Gasteiger partial charge in [0.1, 0.15) is 11.5 Å². The highest BCUT2D eigenvalue weighted by Crippen LogP contribution is 2.35. The summed E-state index contributed by atoms with van der Waals surface area (Å²) in [5, 5.41) is 18.3. The molecule has 1 atom stereocenters. The van der Waals surface area contributed by atoms with Crippen molar-refractivity contribution in [1.82, 2.24) is 0 Å². The van der Waals surface area contributed by atoms with Gasteiger partial charge in [0.25, 0.3) is 0 Å². The van der Waals surface area contributed by atoms with Crippen molar-refractivity contribution in [3.63, 3.8) is 0 Å². The molecule has 5 nitrogen and oxygen atoms in total. The van der Waals surface area contributed by atoms with Crippen LogP contribution in [0.5, 0.6) is 11.5 Å². The summed E-state index contributed by atoms with van der Waals surface area (Å²) < 4.78 is 10.4. The second-order valence-corrected chi connectivity index (χ2v) is 3.54. The van der Waals surface area contributed by atoms with E-state index in [9.17, 15) is 9.90 Å². The molecule has 0 bridgehead atoms. The van der Waals surface area contributed by atoms with Crippen LogP contribution in [0.25, 0.3) is 0 Å². The summed E-state index contributed by atoms with van der Waals surface area (Å²) in [5.41, 5.74) is 1.19. The van der Waals surface area contributed by atoms with Crippen LogP contribution in [0.2, 0.25) is 0 Å². The molecule has 0 fully saturated rings. The summed E-state index contributed by atoms with van der Waals surface area (Å²) in [4.78, 5) is 10.7. The maximum absolute atomic E-state index is 10.7. The van der Waals surface area contributed by atoms with Gasteiger partial charge in [0.2, 0.25) is 0 Å². The predicted molar refractivity (Wildman–Crippen MR) is 54.8 cm³/mol. The monoisotopic (exact) mass is 224 g/mol. The predicted octanol–water partition coefficient (Wildman–Crippen LogP) is 0.748. The SMILES string of the molecule is COc1cc2c(cc1C(O)C(=O)O)OCC2. The number of benzene rings is 1. The first-order valence-corrected chi connectivity index (χ1v) is 4.88. The van der Waals surface area contributed by atoms with Gasteiger partial charge in [-0.2, -0.15) is 0 Å². The van der Waals surface area contributed by atoms with Gasteiger partial charge in [0.05, 0.1) is 13.7 Å². The van der Waals surface area contributed by atoms with E-state index in [4.69, 9.17) is 14.6 Å². The number of carbonyl (C=O) groups is 1. The minimum absolute atomic E-state index is 0.218. The third-order valence-electron chi connectivity index (χ3n) is 2.57. The Morgan fingerprint density at radius 1 is 1.56 bits per heavy atom. The summed E-state index contributed by atoms with van der Waals surface area (Å²) in [6, 6.07) is 3.24. The Morgan fingerprint density at radius 2 is 2.31 bits per heavy atom. The maximum atomic E-state index is 10.7. The first-order chi connectivity index (χ1) is 7.63. The summed E-state index contributed by atoms with van der Waals surface area (Å²) >= 11 is 0. The fourth-order valence-corrected chi connectivity index (χ4v) is 1.74. The number of hydrogen-bond donors (Lipinski definition) is 2. The van der Waals surface area contributed by atoms with Gasteiger partial charge in [0, 0.05) is 17.5 Å². The topological polar surface area (TPSA) is 76.0 Å². The number of aliphatic hydroxyl groups excluding tert-OH is 1. The van der Waals surface area contributed by atoms with Crippen molar-refractivity contribution in [2.24, 2.45) is 0 Å². The Hall–Kier alpha value is -1.75. The Labute approximate surface area is 92.2 Å². The second kappa shape index (κ2) is 4.02. The summed E-state index contributed by atoms with van der Waals surface area (Å²) in [7, 11) is 1.44. The van der Waals surface area contributed by atoms with Crippen molar-refractivity contribution >= 4 is 5.97 Å².